The van der Waals surface area contributed by atoms with E-state index in [4.69, 9.17) is 19.9 Å². The van der Waals surface area contributed by atoms with Gasteiger partial charge in [-0.15, -0.1) is 0 Å². The molecule has 1 rings (SSSR count). The quantitative estimate of drug-likeness (QED) is 0.652. The molecule has 0 radical (unpaired) electrons. The minimum absolute atomic E-state index is 0.0387. The number of hydrogen-bond donors (Lipinski definition) is 1. The summed E-state index contributed by atoms with van der Waals surface area (Å²) >= 11 is 0. The first-order valence-corrected chi connectivity index (χ1v) is 6.63. The molecule has 2 atom stereocenters. The van der Waals surface area contributed by atoms with Gasteiger partial charge in [0.05, 0.1) is 32.5 Å². The van der Waals surface area contributed by atoms with E-state index in [1.54, 1.807) is 19.5 Å². The molecule has 19 heavy (non-hydrogen) atoms. The zero-order chi connectivity index (χ0) is 13.9. The Morgan fingerprint density at radius 1 is 1.26 bits per heavy atom. The van der Waals surface area contributed by atoms with Gasteiger partial charge in [0.2, 0.25) is 0 Å². The zero-order valence-electron chi connectivity index (χ0n) is 11.7. The van der Waals surface area contributed by atoms with Crippen molar-refractivity contribution in [1.82, 2.24) is 4.98 Å². The van der Waals surface area contributed by atoms with Gasteiger partial charge in [0, 0.05) is 31.1 Å². The molecule has 108 valence electrons. The fraction of sp³-hybridized carbons (Fsp3) is 0.643. The second-order valence-corrected chi connectivity index (χ2v) is 4.26. The van der Waals surface area contributed by atoms with Crippen LogP contribution in [0.4, 0.5) is 0 Å². The van der Waals surface area contributed by atoms with Crippen molar-refractivity contribution < 1.29 is 14.2 Å². The van der Waals surface area contributed by atoms with Crippen LogP contribution < -0.4 is 5.73 Å². The molecule has 2 unspecified atom stereocenters. The lowest BCUT2D eigenvalue weighted by Gasteiger charge is -2.23. The Balaban J connectivity index is 2.39. The maximum atomic E-state index is 6.10. The van der Waals surface area contributed by atoms with Crippen molar-refractivity contribution in [3.8, 4) is 0 Å². The van der Waals surface area contributed by atoms with Crippen LogP contribution in [0.3, 0.4) is 0 Å². The van der Waals surface area contributed by atoms with Gasteiger partial charge in [0.25, 0.3) is 0 Å². The molecule has 1 aromatic rings. The summed E-state index contributed by atoms with van der Waals surface area (Å²) in [5.41, 5.74) is 7.11. The molecule has 2 N–H and O–H groups in total. The molecule has 0 bridgehead atoms. The highest BCUT2D eigenvalue weighted by Crippen LogP contribution is 2.20. The van der Waals surface area contributed by atoms with Crippen LogP contribution in [0.25, 0.3) is 0 Å². The third kappa shape index (κ3) is 6.11. The molecule has 0 fully saturated rings. The van der Waals surface area contributed by atoms with E-state index in [0.29, 0.717) is 26.4 Å². The Hall–Kier alpha value is -1.01. The molecule has 0 saturated heterocycles. The second-order valence-electron chi connectivity index (χ2n) is 4.26. The lowest BCUT2D eigenvalue weighted by atomic mass is 10.0. The first-order chi connectivity index (χ1) is 9.29. The molecule has 0 saturated carbocycles. The predicted molar refractivity (Wildman–Crippen MR) is 73.9 cm³/mol. The zero-order valence-corrected chi connectivity index (χ0v) is 11.7. The monoisotopic (exact) mass is 268 g/mol. The third-order valence-corrected chi connectivity index (χ3v) is 2.83. The van der Waals surface area contributed by atoms with E-state index in [1.807, 2.05) is 19.1 Å². The standard InChI is InChI=1S/C14H24N2O3/c1-3-13(15)14(12-5-4-6-16-11-12)19-10-9-18-8-7-17-2/h4-6,11,13-14H,3,7-10,15H2,1-2H3. The van der Waals surface area contributed by atoms with Crippen LogP contribution in [-0.2, 0) is 14.2 Å². The van der Waals surface area contributed by atoms with Crippen molar-refractivity contribution in [2.75, 3.05) is 33.5 Å². The molecule has 5 heteroatoms. The smallest absolute Gasteiger partial charge is 0.0991 e. The number of rotatable bonds is 10. The van der Waals surface area contributed by atoms with Crippen LogP contribution >= 0.6 is 0 Å². The van der Waals surface area contributed by atoms with Crippen molar-refractivity contribution in [3.63, 3.8) is 0 Å². The van der Waals surface area contributed by atoms with E-state index in [-0.39, 0.29) is 12.1 Å². The van der Waals surface area contributed by atoms with E-state index >= 15 is 0 Å². The fourth-order valence-corrected chi connectivity index (χ4v) is 1.70. The molecule has 0 aliphatic carbocycles. The van der Waals surface area contributed by atoms with Crippen LogP contribution in [0.2, 0.25) is 0 Å². The summed E-state index contributed by atoms with van der Waals surface area (Å²) in [6.07, 6.45) is 4.26. The average Bonchev–Trinajstić information content (AvgIpc) is 2.47. The molecule has 1 heterocycles. The number of nitrogens with two attached hydrogens (primary N) is 1. The van der Waals surface area contributed by atoms with Gasteiger partial charge in [-0.2, -0.15) is 0 Å². The molecule has 0 spiro atoms. The van der Waals surface area contributed by atoms with E-state index in [9.17, 15) is 0 Å². The van der Waals surface area contributed by atoms with Crippen LogP contribution in [-0.4, -0.2) is 44.6 Å². The predicted octanol–water partition coefficient (Wildman–Crippen LogP) is 1.54. The highest BCUT2D eigenvalue weighted by Gasteiger charge is 2.19. The van der Waals surface area contributed by atoms with Crippen molar-refractivity contribution in [1.29, 1.82) is 0 Å². The average molecular weight is 268 g/mol. The molecule has 5 nitrogen and oxygen atoms in total. The highest BCUT2D eigenvalue weighted by atomic mass is 16.5. The topological polar surface area (TPSA) is 66.6 Å². The molecular formula is C14H24N2O3. The number of nitrogens with zero attached hydrogens (tertiary/aromatic N) is 1. The minimum atomic E-state index is -0.135. The third-order valence-electron chi connectivity index (χ3n) is 2.83. The highest BCUT2D eigenvalue weighted by molar-refractivity contribution is 5.14. The lowest BCUT2D eigenvalue weighted by Crippen LogP contribution is -2.30. The summed E-state index contributed by atoms with van der Waals surface area (Å²) in [4.78, 5) is 4.11. The van der Waals surface area contributed by atoms with Crippen LogP contribution in [0.1, 0.15) is 25.0 Å². The fourth-order valence-electron chi connectivity index (χ4n) is 1.70. The van der Waals surface area contributed by atoms with Crippen LogP contribution in [0.5, 0.6) is 0 Å². The van der Waals surface area contributed by atoms with Gasteiger partial charge in [-0.25, -0.2) is 0 Å². The molecular weight excluding hydrogens is 244 g/mol. The summed E-state index contributed by atoms with van der Waals surface area (Å²) in [6, 6.07) is 3.84. The van der Waals surface area contributed by atoms with E-state index in [0.717, 1.165) is 12.0 Å². The van der Waals surface area contributed by atoms with Crippen molar-refractivity contribution in [2.24, 2.45) is 5.73 Å². The number of pyridine rings is 1. The molecule has 1 aromatic heterocycles. The van der Waals surface area contributed by atoms with Crippen LogP contribution in [0, 0.1) is 0 Å². The van der Waals surface area contributed by atoms with Crippen molar-refractivity contribution >= 4 is 0 Å². The van der Waals surface area contributed by atoms with E-state index < -0.39 is 0 Å². The van der Waals surface area contributed by atoms with Gasteiger partial charge in [-0.1, -0.05) is 13.0 Å². The van der Waals surface area contributed by atoms with Gasteiger partial charge in [-0.05, 0) is 12.5 Å². The van der Waals surface area contributed by atoms with Gasteiger partial charge in [0.15, 0.2) is 0 Å². The lowest BCUT2D eigenvalue weighted by molar-refractivity contribution is -0.0167. The summed E-state index contributed by atoms with van der Waals surface area (Å²) in [6.45, 7) is 4.28. The Bertz CT molecular complexity index is 322. The number of aromatic nitrogens is 1. The number of methoxy groups -OCH3 is 1. The van der Waals surface area contributed by atoms with E-state index in [1.165, 1.54) is 0 Å². The Morgan fingerprint density at radius 3 is 2.68 bits per heavy atom. The Kier molecular flexibility index (Phi) is 8.33. The molecule has 0 aromatic carbocycles. The first-order valence-electron chi connectivity index (χ1n) is 6.63. The largest absolute Gasteiger partial charge is 0.382 e. The number of hydrogen-bond acceptors (Lipinski definition) is 5. The Morgan fingerprint density at radius 2 is 2.05 bits per heavy atom. The van der Waals surface area contributed by atoms with Gasteiger partial charge >= 0.3 is 0 Å². The second kappa shape index (κ2) is 9.86. The summed E-state index contributed by atoms with van der Waals surface area (Å²) < 4.78 is 16.1. The van der Waals surface area contributed by atoms with Crippen molar-refractivity contribution in [3.05, 3.63) is 30.1 Å². The SMILES string of the molecule is CCC(N)C(OCCOCCOC)c1cccnc1. The molecule has 0 amide bonds. The van der Waals surface area contributed by atoms with Gasteiger partial charge in [-0.3, -0.25) is 4.98 Å². The van der Waals surface area contributed by atoms with Crippen molar-refractivity contribution in [2.45, 2.75) is 25.5 Å². The maximum absolute atomic E-state index is 6.10. The Labute approximate surface area is 115 Å². The van der Waals surface area contributed by atoms with Gasteiger partial charge in [0.1, 0.15) is 0 Å². The molecule has 0 aliphatic heterocycles. The molecule has 0 aliphatic rings. The van der Waals surface area contributed by atoms with Crippen LogP contribution in [0.15, 0.2) is 24.5 Å². The number of ether oxygens (including phenoxy) is 3. The summed E-state index contributed by atoms with van der Waals surface area (Å²) in [7, 11) is 1.65. The summed E-state index contributed by atoms with van der Waals surface area (Å²) in [5, 5.41) is 0. The maximum Gasteiger partial charge on any atom is 0.0991 e. The minimum Gasteiger partial charge on any atom is -0.382 e. The van der Waals surface area contributed by atoms with E-state index in [2.05, 4.69) is 4.98 Å². The summed E-state index contributed by atoms with van der Waals surface area (Å²) in [5.74, 6) is 0. The van der Waals surface area contributed by atoms with Gasteiger partial charge < -0.3 is 19.9 Å². The normalized spacial score (nSPS) is 14.3. The first kappa shape index (κ1) is 16.0.